The molecule has 0 amide bonds. The summed E-state index contributed by atoms with van der Waals surface area (Å²) in [6, 6.07) is 3.14. The summed E-state index contributed by atoms with van der Waals surface area (Å²) in [5.41, 5.74) is 0.855. The summed E-state index contributed by atoms with van der Waals surface area (Å²) in [4.78, 5) is 13.7. The lowest BCUT2D eigenvalue weighted by atomic mass is 10.0. The van der Waals surface area contributed by atoms with E-state index in [4.69, 9.17) is 0 Å². The van der Waals surface area contributed by atoms with E-state index in [-0.39, 0.29) is 5.82 Å². The molecule has 0 atom stereocenters. The summed E-state index contributed by atoms with van der Waals surface area (Å²) in [7, 11) is 0. The van der Waals surface area contributed by atoms with Crippen LogP contribution in [0.3, 0.4) is 0 Å². The van der Waals surface area contributed by atoms with Gasteiger partial charge in [-0.05, 0) is 46.2 Å². The third kappa shape index (κ3) is 3.59. The van der Waals surface area contributed by atoms with Crippen LogP contribution in [0.25, 0.3) is 0 Å². The van der Waals surface area contributed by atoms with Gasteiger partial charge in [-0.25, -0.2) is 0 Å². The highest BCUT2D eigenvalue weighted by atomic mass is 32.2. The van der Waals surface area contributed by atoms with Crippen LogP contribution in [0.2, 0.25) is 0 Å². The third-order valence-electron chi connectivity index (χ3n) is 2.87. The molecule has 1 fully saturated rings. The molecule has 1 N–H and O–H groups in total. The maximum absolute atomic E-state index is 10.4. The quantitative estimate of drug-likeness (QED) is 0.659. The maximum Gasteiger partial charge on any atom is 0.363 e. The second kappa shape index (κ2) is 5.86. The Morgan fingerprint density at radius 3 is 2.82 bits per heavy atom. The summed E-state index contributed by atoms with van der Waals surface area (Å²) in [5.74, 6) is 3.09. The van der Waals surface area contributed by atoms with Gasteiger partial charge in [0.1, 0.15) is 0 Å². The van der Waals surface area contributed by atoms with Crippen molar-refractivity contribution in [2.45, 2.75) is 12.8 Å². The van der Waals surface area contributed by atoms with Crippen LogP contribution in [-0.2, 0) is 0 Å². The second-order valence-corrected chi connectivity index (χ2v) is 5.32. The van der Waals surface area contributed by atoms with E-state index in [9.17, 15) is 10.1 Å². The van der Waals surface area contributed by atoms with Crippen LogP contribution >= 0.6 is 11.8 Å². The van der Waals surface area contributed by atoms with Crippen molar-refractivity contribution in [2.24, 2.45) is 5.92 Å². The predicted molar refractivity (Wildman–Crippen MR) is 69.4 cm³/mol. The van der Waals surface area contributed by atoms with E-state index in [0.29, 0.717) is 5.92 Å². The first-order valence-corrected chi connectivity index (χ1v) is 6.83. The largest absolute Gasteiger partial charge is 0.382 e. The third-order valence-corrected chi connectivity index (χ3v) is 3.92. The van der Waals surface area contributed by atoms with Gasteiger partial charge in [-0.1, -0.05) is 0 Å². The Morgan fingerprint density at radius 1 is 1.47 bits per heavy atom. The Kier molecular flexibility index (Phi) is 4.19. The summed E-state index contributed by atoms with van der Waals surface area (Å²) >= 11 is 2.01. The molecule has 0 radical (unpaired) electrons. The zero-order chi connectivity index (χ0) is 12.1. The van der Waals surface area contributed by atoms with E-state index in [1.54, 1.807) is 6.07 Å². The number of hydrogen-bond donors (Lipinski definition) is 1. The lowest BCUT2D eigenvalue weighted by Gasteiger charge is -2.21. The van der Waals surface area contributed by atoms with Crippen LogP contribution in [0.15, 0.2) is 18.3 Å². The molecule has 0 saturated carbocycles. The first-order valence-electron chi connectivity index (χ1n) is 5.68. The molecule has 1 aliphatic rings. The van der Waals surface area contributed by atoms with Crippen molar-refractivity contribution in [1.29, 1.82) is 0 Å². The van der Waals surface area contributed by atoms with Gasteiger partial charge >= 0.3 is 5.82 Å². The van der Waals surface area contributed by atoms with Crippen LogP contribution < -0.4 is 5.32 Å². The number of pyridine rings is 1. The monoisotopic (exact) mass is 253 g/mol. The minimum Gasteiger partial charge on any atom is -0.382 e. The van der Waals surface area contributed by atoms with Crippen molar-refractivity contribution in [3.63, 3.8) is 0 Å². The minimum atomic E-state index is -0.484. The molecule has 1 aromatic rings. The zero-order valence-corrected chi connectivity index (χ0v) is 10.3. The predicted octanol–water partition coefficient (Wildman–Crippen LogP) is 2.54. The summed E-state index contributed by atoms with van der Waals surface area (Å²) in [6.45, 7) is 0.931. The molecule has 1 aromatic heterocycles. The van der Waals surface area contributed by atoms with E-state index in [1.807, 2.05) is 11.8 Å². The molecule has 0 spiro atoms. The van der Waals surface area contributed by atoms with Gasteiger partial charge in [0, 0.05) is 12.6 Å². The van der Waals surface area contributed by atoms with Crippen LogP contribution in [0.4, 0.5) is 11.5 Å². The Labute approximate surface area is 104 Å². The number of hydrogen-bond acceptors (Lipinski definition) is 5. The normalized spacial score (nSPS) is 16.7. The molecule has 0 unspecified atom stereocenters. The standard InChI is InChI=1S/C11H15N3O2S/c15-14(16)11-2-1-10(8-13-11)12-7-9-3-5-17-6-4-9/h1-2,8-9,12H,3-7H2. The van der Waals surface area contributed by atoms with Gasteiger partial charge in [-0.2, -0.15) is 11.8 Å². The average Bonchev–Trinajstić information content (AvgIpc) is 2.38. The first-order chi connectivity index (χ1) is 8.25. The van der Waals surface area contributed by atoms with Gasteiger partial charge in [0.25, 0.3) is 0 Å². The number of aromatic nitrogens is 1. The molecular formula is C11H15N3O2S. The average molecular weight is 253 g/mol. The van der Waals surface area contributed by atoms with E-state index in [1.165, 1.54) is 36.6 Å². The zero-order valence-electron chi connectivity index (χ0n) is 9.46. The molecule has 5 nitrogen and oxygen atoms in total. The maximum atomic E-state index is 10.4. The Bertz CT molecular complexity index is 377. The van der Waals surface area contributed by atoms with E-state index in [0.717, 1.165) is 12.2 Å². The number of nitrogens with zero attached hydrogens (tertiary/aromatic N) is 2. The lowest BCUT2D eigenvalue weighted by molar-refractivity contribution is -0.389. The highest BCUT2D eigenvalue weighted by Crippen LogP contribution is 2.23. The van der Waals surface area contributed by atoms with Crippen molar-refractivity contribution < 1.29 is 4.92 Å². The van der Waals surface area contributed by atoms with Crippen LogP contribution in [0.5, 0.6) is 0 Å². The van der Waals surface area contributed by atoms with Crippen LogP contribution in [-0.4, -0.2) is 28.0 Å². The molecule has 92 valence electrons. The molecule has 0 bridgehead atoms. The SMILES string of the molecule is O=[N+]([O-])c1ccc(NCC2CCSCC2)cn1. The molecular weight excluding hydrogens is 238 g/mol. The number of anilines is 1. The molecule has 0 aromatic carbocycles. The van der Waals surface area contributed by atoms with Crippen molar-refractivity contribution in [3.8, 4) is 0 Å². The Balaban J connectivity index is 1.84. The molecule has 1 saturated heterocycles. The topological polar surface area (TPSA) is 68.1 Å². The van der Waals surface area contributed by atoms with Crippen molar-refractivity contribution in [3.05, 3.63) is 28.4 Å². The van der Waals surface area contributed by atoms with E-state index >= 15 is 0 Å². The van der Waals surface area contributed by atoms with Gasteiger partial charge in [-0.15, -0.1) is 0 Å². The minimum absolute atomic E-state index is 0.107. The number of thioether (sulfide) groups is 1. The first kappa shape index (κ1) is 12.2. The van der Waals surface area contributed by atoms with E-state index in [2.05, 4.69) is 10.3 Å². The number of nitrogens with one attached hydrogen (secondary N) is 1. The van der Waals surface area contributed by atoms with E-state index < -0.39 is 4.92 Å². The molecule has 0 aliphatic carbocycles. The van der Waals surface area contributed by atoms with Crippen LogP contribution in [0.1, 0.15) is 12.8 Å². The Morgan fingerprint density at radius 2 is 2.24 bits per heavy atom. The summed E-state index contributed by atoms with van der Waals surface area (Å²) < 4.78 is 0. The van der Waals surface area contributed by atoms with Gasteiger partial charge in [0.05, 0.1) is 5.69 Å². The second-order valence-electron chi connectivity index (χ2n) is 4.10. The van der Waals surface area contributed by atoms with Gasteiger partial charge in [-0.3, -0.25) is 0 Å². The van der Waals surface area contributed by atoms with Crippen molar-refractivity contribution in [1.82, 2.24) is 4.98 Å². The molecule has 17 heavy (non-hydrogen) atoms. The fraction of sp³-hybridized carbons (Fsp3) is 0.545. The Hall–Kier alpha value is -1.30. The summed E-state index contributed by atoms with van der Waals surface area (Å²) in [5, 5.41) is 13.7. The van der Waals surface area contributed by atoms with Gasteiger partial charge in [0.2, 0.25) is 0 Å². The molecule has 6 heteroatoms. The van der Waals surface area contributed by atoms with Crippen molar-refractivity contribution >= 4 is 23.3 Å². The highest BCUT2D eigenvalue weighted by Gasteiger charge is 2.13. The molecule has 1 aliphatic heterocycles. The smallest absolute Gasteiger partial charge is 0.363 e. The fourth-order valence-electron chi connectivity index (χ4n) is 1.81. The van der Waals surface area contributed by atoms with Crippen molar-refractivity contribution in [2.75, 3.05) is 23.4 Å². The highest BCUT2D eigenvalue weighted by molar-refractivity contribution is 7.99. The van der Waals surface area contributed by atoms with Gasteiger partial charge < -0.3 is 15.4 Å². The number of nitro groups is 1. The molecule has 2 rings (SSSR count). The lowest BCUT2D eigenvalue weighted by Crippen LogP contribution is -2.19. The van der Waals surface area contributed by atoms with Gasteiger partial charge in [0.15, 0.2) is 6.20 Å². The number of rotatable bonds is 4. The molecule has 2 heterocycles. The summed E-state index contributed by atoms with van der Waals surface area (Å²) in [6.07, 6.45) is 4.02. The van der Waals surface area contributed by atoms with Crippen LogP contribution in [0, 0.1) is 16.0 Å². The fourth-order valence-corrected chi connectivity index (χ4v) is 3.02.